The Balaban J connectivity index is 2.47. The molecule has 0 aromatic heterocycles. The SMILES string of the molecule is C=CCCNC(C)c1ccc(C)cc1. The van der Waals surface area contributed by atoms with Gasteiger partial charge in [0, 0.05) is 6.04 Å². The maximum atomic E-state index is 3.70. The van der Waals surface area contributed by atoms with Gasteiger partial charge in [-0.2, -0.15) is 0 Å². The van der Waals surface area contributed by atoms with Crippen molar-refractivity contribution in [3.05, 3.63) is 48.0 Å². The molecule has 1 nitrogen and oxygen atoms in total. The average Bonchev–Trinajstić information content (AvgIpc) is 2.19. The second-order valence-electron chi connectivity index (χ2n) is 3.66. The first-order valence-corrected chi connectivity index (χ1v) is 5.15. The maximum absolute atomic E-state index is 3.70. The fraction of sp³-hybridized carbons (Fsp3) is 0.385. The maximum Gasteiger partial charge on any atom is 0.0291 e. The zero-order valence-electron chi connectivity index (χ0n) is 9.09. The van der Waals surface area contributed by atoms with Crippen molar-refractivity contribution in [1.29, 1.82) is 0 Å². The minimum Gasteiger partial charge on any atom is -0.310 e. The number of aryl methyl sites for hydroxylation is 1. The number of hydrogen-bond donors (Lipinski definition) is 1. The lowest BCUT2D eigenvalue weighted by Crippen LogP contribution is -2.19. The van der Waals surface area contributed by atoms with Gasteiger partial charge in [-0.25, -0.2) is 0 Å². The summed E-state index contributed by atoms with van der Waals surface area (Å²) in [4.78, 5) is 0. The van der Waals surface area contributed by atoms with Crippen molar-refractivity contribution in [1.82, 2.24) is 5.32 Å². The van der Waals surface area contributed by atoms with E-state index in [-0.39, 0.29) is 0 Å². The molecule has 1 rings (SSSR count). The first kappa shape index (κ1) is 11.0. The van der Waals surface area contributed by atoms with E-state index in [0.717, 1.165) is 13.0 Å². The van der Waals surface area contributed by atoms with Crippen LogP contribution in [-0.4, -0.2) is 6.54 Å². The van der Waals surface area contributed by atoms with E-state index >= 15 is 0 Å². The van der Waals surface area contributed by atoms with E-state index in [4.69, 9.17) is 0 Å². The molecule has 0 radical (unpaired) electrons. The van der Waals surface area contributed by atoms with E-state index < -0.39 is 0 Å². The summed E-state index contributed by atoms with van der Waals surface area (Å²) in [6.45, 7) is 9.00. The molecule has 1 N–H and O–H groups in total. The van der Waals surface area contributed by atoms with Crippen LogP contribution in [0, 0.1) is 6.92 Å². The minimum absolute atomic E-state index is 0.426. The lowest BCUT2D eigenvalue weighted by atomic mass is 10.1. The van der Waals surface area contributed by atoms with Crippen molar-refractivity contribution in [2.75, 3.05) is 6.54 Å². The summed E-state index contributed by atoms with van der Waals surface area (Å²) in [6.07, 6.45) is 2.96. The number of benzene rings is 1. The Kier molecular flexibility index (Phi) is 4.41. The van der Waals surface area contributed by atoms with E-state index in [1.165, 1.54) is 11.1 Å². The predicted octanol–water partition coefficient (Wildman–Crippen LogP) is 3.22. The number of rotatable bonds is 5. The molecular formula is C13H19N. The first-order valence-electron chi connectivity index (χ1n) is 5.15. The molecule has 1 aromatic carbocycles. The van der Waals surface area contributed by atoms with Crippen LogP contribution < -0.4 is 5.32 Å². The van der Waals surface area contributed by atoms with Crippen LogP contribution in [0.5, 0.6) is 0 Å². The molecule has 0 fully saturated rings. The van der Waals surface area contributed by atoms with Gasteiger partial charge in [0.05, 0.1) is 0 Å². The van der Waals surface area contributed by atoms with Crippen LogP contribution in [0.4, 0.5) is 0 Å². The topological polar surface area (TPSA) is 12.0 Å². The molecule has 0 saturated carbocycles. The van der Waals surface area contributed by atoms with Crippen LogP contribution in [0.1, 0.15) is 30.5 Å². The fourth-order valence-corrected chi connectivity index (χ4v) is 1.37. The van der Waals surface area contributed by atoms with E-state index in [1.807, 2.05) is 6.08 Å². The molecule has 0 spiro atoms. The third-order valence-electron chi connectivity index (χ3n) is 2.38. The molecule has 0 amide bonds. The van der Waals surface area contributed by atoms with Crippen molar-refractivity contribution in [2.45, 2.75) is 26.3 Å². The molecular weight excluding hydrogens is 170 g/mol. The Labute approximate surface area is 86.8 Å². The standard InChI is InChI=1S/C13H19N/c1-4-5-10-14-12(3)13-8-6-11(2)7-9-13/h4,6-9,12,14H,1,5,10H2,2-3H3. The third kappa shape index (κ3) is 3.35. The third-order valence-corrected chi connectivity index (χ3v) is 2.38. The van der Waals surface area contributed by atoms with E-state index in [1.54, 1.807) is 0 Å². The number of nitrogens with one attached hydrogen (secondary N) is 1. The van der Waals surface area contributed by atoms with Crippen molar-refractivity contribution in [3.8, 4) is 0 Å². The summed E-state index contributed by atoms with van der Waals surface area (Å²) in [5.74, 6) is 0. The molecule has 14 heavy (non-hydrogen) atoms. The van der Waals surface area contributed by atoms with Gasteiger partial charge in [-0.1, -0.05) is 35.9 Å². The van der Waals surface area contributed by atoms with Crippen LogP contribution in [0.3, 0.4) is 0 Å². The van der Waals surface area contributed by atoms with Gasteiger partial charge in [-0.05, 0) is 32.4 Å². The Morgan fingerprint density at radius 3 is 2.57 bits per heavy atom. The molecule has 76 valence electrons. The Morgan fingerprint density at radius 1 is 1.36 bits per heavy atom. The highest BCUT2D eigenvalue weighted by Gasteiger charge is 2.02. The quantitative estimate of drug-likeness (QED) is 0.554. The molecule has 0 saturated heterocycles. The van der Waals surface area contributed by atoms with Crippen LogP contribution >= 0.6 is 0 Å². The zero-order chi connectivity index (χ0) is 10.4. The normalized spacial score (nSPS) is 12.4. The van der Waals surface area contributed by atoms with Crippen LogP contribution in [0.25, 0.3) is 0 Å². The molecule has 0 aliphatic rings. The monoisotopic (exact) mass is 189 g/mol. The lowest BCUT2D eigenvalue weighted by Gasteiger charge is -2.13. The van der Waals surface area contributed by atoms with Gasteiger partial charge in [-0.3, -0.25) is 0 Å². The molecule has 0 aliphatic carbocycles. The molecule has 1 unspecified atom stereocenters. The van der Waals surface area contributed by atoms with Crippen molar-refractivity contribution >= 4 is 0 Å². The highest BCUT2D eigenvalue weighted by molar-refractivity contribution is 5.23. The van der Waals surface area contributed by atoms with E-state index in [2.05, 4.69) is 50.0 Å². The van der Waals surface area contributed by atoms with Gasteiger partial charge in [-0.15, -0.1) is 6.58 Å². The van der Waals surface area contributed by atoms with Crippen molar-refractivity contribution in [3.63, 3.8) is 0 Å². The van der Waals surface area contributed by atoms with Crippen LogP contribution in [0.15, 0.2) is 36.9 Å². The van der Waals surface area contributed by atoms with Crippen molar-refractivity contribution in [2.24, 2.45) is 0 Å². The van der Waals surface area contributed by atoms with Gasteiger partial charge in [0.15, 0.2) is 0 Å². The highest BCUT2D eigenvalue weighted by atomic mass is 14.9. The Morgan fingerprint density at radius 2 is 2.00 bits per heavy atom. The molecule has 1 heteroatoms. The molecule has 0 aliphatic heterocycles. The second-order valence-corrected chi connectivity index (χ2v) is 3.66. The highest BCUT2D eigenvalue weighted by Crippen LogP contribution is 2.12. The molecule has 1 atom stereocenters. The number of hydrogen-bond acceptors (Lipinski definition) is 1. The van der Waals surface area contributed by atoms with Gasteiger partial charge in [0.25, 0.3) is 0 Å². The molecule has 0 heterocycles. The van der Waals surface area contributed by atoms with Crippen molar-refractivity contribution < 1.29 is 0 Å². The van der Waals surface area contributed by atoms with E-state index in [0.29, 0.717) is 6.04 Å². The van der Waals surface area contributed by atoms with E-state index in [9.17, 15) is 0 Å². The largest absolute Gasteiger partial charge is 0.310 e. The van der Waals surface area contributed by atoms with Crippen LogP contribution in [-0.2, 0) is 0 Å². The van der Waals surface area contributed by atoms with Gasteiger partial charge in [0.1, 0.15) is 0 Å². The average molecular weight is 189 g/mol. The molecule has 0 bridgehead atoms. The summed E-state index contributed by atoms with van der Waals surface area (Å²) in [5, 5.41) is 3.45. The smallest absolute Gasteiger partial charge is 0.0291 e. The summed E-state index contributed by atoms with van der Waals surface area (Å²) in [5.41, 5.74) is 2.66. The van der Waals surface area contributed by atoms with Gasteiger partial charge < -0.3 is 5.32 Å². The predicted molar refractivity (Wildman–Crippen MR) is 62.4 cm³/mol. The van der Waals surface area contributed by atoms with Crippen LogP contribution in [0.2, 0.25) is 0 Å². The summed E-state index contributed by atoms with van der Waals surface area (Å²) in [7, 11) is 0. The summed E-state index contributed by atoms with van der Waals surface area (Å²) >= 11 is 0. The minimum atomic E-state index is 0.426. The zero-order valence-corrected chi connectivity index (χ0v) is 9.09. The van der Waals surface area contributed by atoms with Gasteiger partial charge >= 0.3 is 0 Å². The summed E-state index contributed by atoms with van der Waals surface area (Å²) < 4.78 is 0. The lowest BCUT2D eigenvalue weighted by molar-refractivity contribution is 0.581. The Hall–Kier alpha value is -1.08. The first-order chi connectivity index (χ1) is 6.74. The fourth-order valence-electron chi connectivity index (χ4n) is 1.37. The second kappa shape index (κ2) is 5.61. The van der Waals surface area contributed by atoms with Gasteiger partial charge in [0.2, 0.25) is 0 Å². The Bertz CT molecular complexity index is 274. The molecule has 1 aromatic rings. The summed E-state index contributed by atoms with van der Waals surface area (Å²) in [6, 6.07) is 9.10.